The molecule has 7 heteroatoms. The Labute approximate surface area is 183 Å². The number of fused-ring (bicyclic) bond motifs is 1. The fraction of sp³-hybridized carbons (Fsp3) is 0.565. The number of ether oxygens (including phenoxy) is 1. The predicted octanol–water partition coefficient (Wildman–Crippen LogP) is 2.95. The molecule has 30 heavy (non-hydrogen) atoms. The van der Waals surface area contributed by atoms with Gasteiger partial charge in [-0.3, -0.25) is 9.69 Å². The minimum atomic E-state index is -0.262. The standard InChI is InChI=1S/C23H32N4O2S/c1-17-4-2-11-27(17)12-3-15-29-19-7-5-18(6-8-19)23-25-20-9-13-26(16-22(24)28)14-10-21(20)30-23/h5-8,17H,2-4,9-16H2,1H3,(H2,24,28). The Bertz CT molecular complexity index is 826. The molecule has 4 rings (SSSR count). The summed E-state index contributed by atoms with van der Waals surface area (Å²) in [6, 6.07) is 9.04. The first kappa shape index (κ1) is 21.3. The number of benzene rings is 1. The lowest BCUT2D eigenvalue weighted by Gasteiger charge is -2.20. The van der Waals surface area contributed by atoms with Gasteiger partial charge in [0.05, 0.1) is 18.8 Å². The van der Waals surface area contributed by atoms with Gasteiger partial charge in [0.1, 0.15) is 10.8 Å². The maximum absolute atomic E-state index is 11.2. The Morgan fingerprint density at radius 1 is 1.23 bits per heavy atom. The van der Waals surface area contributed by atoms with E-state index in [0.717, 1.165) is 67.9 Å². The molecule has 2 aliphatic rings. The highest BCUT2D eigenvalue weighted by molar-refractivity contribution is 7.15. The number of hydrogen-bond acceptors (Lipinski definition) is 6. The minimum absolute atomic E-state index is 0.262. The molecule has 2 aromatic rings. The molecule has 1 fully saturated rings. The van der Waals surface area contributed by atoms with Gasteiger partial charge >= 0.3 is 0 Å². The molecule has 1 amide bonds. The number of primary amides is 1. The molecule has 1 atom stereocenters. The topological polar surface area (TPSA) is 71.7 Å². The Hall–Kier alpha value is -1.96. The van der Waals surface area contributed by atoms with Crippen LogP contribution in [0.3, 0.4) is 0 Å². The van der Waals surface area contributed by atoms with Crippen molar-refractivity contribution in [3.05, 3.63) is 34.8 Å². The molecule has 3 heterocycles. The molecule has 2 aliphatic heterocycles. The summed E-state index contributed by atoms with van der Waals surface area (Å²) in [6.07, 6.45) is 5.52. The SMILES string of the molecule is CC1CCCN1CCCOc1ccc(-c2nc3c(s2)CCN(CC(N)=O)CC3)cc1. The lowest BCUT2D eigenvalue weighted by atomic mass is 10.2. The van der Waals surface area contributed by atoms with Crippen LogP contribution in [0.1, 0.15) is 36.8 Å². The summed E-state index contributed by atoms with van der Waals surface area (Å²) < 4.78 is 5.95. The number of nitrogens with two attached hydrogens (primary N) is 1. The third-order valence-electron chi connectivity index (χ3n) is 6.13. The summed E-state index contributed by atoms with van der Waals surface area (Å²) in [6.45, 7) is 7.47. The highest BCUT2D eigenvalue weighted by atomic mass is 32.1. The van der Waals surface area contributed by atoms with Crippen LogP contribution in [0.4, 0.5) is 0 Å². The van der Waals surface area contributed by atoms with E-state index in [1.54, 1.807) is 11.3 Å². The number of aromatic nitrogens is 1. The molecule has 0 spiro atoms. The van der Waals surface area contributed by atoms with Crippen molar-refractivity contribution in [1.29, 1.82) is 0 Å². The smallest absolute Gasteiger partial charge is 0.231 e. The number of nitrogens with zero attached hydrogens (tertiary/aromatic N) is 3. The molecule has 0 saturated carbocycles. The molecule has 2 N–H and O–H groups in total. The van der Waals surface area contributed by atoms with E-state index in [4.69, 9.17) is 15.5 Å². The normalized spacial score (nSPS) is 20.1. The van der Waals surface area contributed by atoms with Crippen molar-refractivity contribution < 1.29 is 9.53 Å². The van der Waals surface area contributed by atoms with Crippen molar-refractivity contribution in [2.45, 2.75) is 45.1 Å². The van der Waals surface area contributed by atoms with E-state index in [-0.39, 0.29) is 5.91 Å². The van der Waals surface area contributed by atoms with Crippen LogP contribution >= 0.6 is 11.3 Å². The van der Waals surface area contributed by atoms with Gasteiger partial charge in [0.25, 0.3) is 0 Å². The second-order valence-electron chi connectivity index (χ2n) is 8.38. The van der Waals surface area contributed by atoms with E-state index in [9.17, 15) is 4.79 Å². The number of carbonyl (C=O) groups excluding carboxylic acids is 1. The van der Waals surface area contributed by atoms with Crippen LogP contribution in [0.5, 0.6) is 5.75 Å². The van der Waals surface area contributed by atoms with Crippen LogP contribution < -0.4 is 10.5 Å². The van der Waals surface area contributed by atoms with E-state index in [1.807, 2.05) is 0 Å². The molecular weight excluding hydrogens is 396 g/mol. The third kappa shape index (κ3) is 5.39. The lowest BCUT2D eigenvalue weighted by molar-refractivity contribution is -0.119. The fourth-order valence-corrected chi connectivity index (χ4v) is 5.49. The van der Waals surface area contributed by atoms with Gasteiger partial charge in [0.15, 0.2) is 0 Å². The number of thiazole rings is 1. The van der Waals surface area contributed by atoms with Crippen molar-refractivity contribution in [2.24, 2.45) is 5.73 Å². The first-order valence-corrected chi connectivity index (χ1v) is 11.9. The first-order valence-electron chi connectivity index (χ1n) is 11.0. The molecule has 1 aromatic carbocycles. The molecular formula is C23H32N4O2S. The summed E-state index contributed by atoms with van der Waals surface area (Å²) in [5.74, 6) is 0.662. The van der Waals surface area contributed by atoms with E-state index in [1.165, 1.54) is 30.0 Å². The summed E-state index contributed by atoms with van der Waals surface area (Å²) in [7, 11) is 0. The monoisotopic (exact) mass is 428 g/mol. The average Bonchev–Trinajstić information content (AvgIpc) is 3.29. The zero-order valence-corrected chi connectivity index (χ0v) is 18.6. The largest absolute Gasteiger partial charge is 0.494 e. The van der Waals surface area contributed by atoms with Crippen LogP contribution in [-0.2, 0) is 17.6 Å². The number of carbonyl (C=O) groups is 1. The molecule has 0 bridgehead atoms. The van der Waals surface area contributed by atoms with E-state index >= 15 is 0 Å². The van der Waals surface area contributed by atoms with Crippen molar-refractivity contribution in [2.75, 3.05) is 39.3 Å². The van der Waals surface area contributed by atoms with Gasteiger partial charge in [-0.15, -0.1) is 11.3 Å². The van der Waals surface area contributed by atoms with Crippen LogP contribution in [0.15, 0.2) is 24.3 Å². The third-order valence-corrected chi connectivity index (χ3v) is 7.33. The number of amides is 1. The predicted molar refractivity (Wildman–Crippen MR) is 121 cm³/mol. The maximum Gasteiger partial charge on any atom is 0.231 e. The average molecular weight is 429 g/mol. The summed E-state index contributed by atoms with van der Waals surface area (Å²) in [4.78, 5) is 22.1. The van der Waals surface area contributed by atoms with Gasteiger partial charge in [-0.2, -0.15) is 0 Å². The Kier molecular flexibility index (Phi) is 7.02. The van der Waals surface area contributed by atoms with E-state index in [2.05, 4.69) is 41.0 Å². The van der Waals surface area contributed by atoms with Gasteiger partial charge in [-0.25, -0.2) is 4.98 Å². The molecule has 1 aromatic heterocycles. The maximum atomic E-state index is 11.2. The Morgan fingerprint density at radius 3 is 2.77 bits per heavy atom. The number of likely N-dealkylation sites (tertiary alicyclic amines) is 1. The zero-order valence-electron chi connectivity index (χ0n) is 17.8. The Balaban J connectivity index is 1.28. The second-order valence-corrected chi connectivity index (χ2v) is 9.47. The van der Waals surface area contributed by atoms with Gasteiger partial charge in [0.2, 0.25) is 5.91 Å². The molecule has 0 aliphatic carbocycles. The minimum Gasteiger partial charge on any atom is -0.494 e. The lowest BCUT2D eigenvalue weighted by Crippen LogP contribution is -2.35. The van der Waals surface area contributed by atoms with Gasteiger partial charge in [0, 0.05) is 42.5 Å². The number of hydrogen-bond donors (Lipinski definition) is 1. The number of rotatable bonds is 8. The van der Waals surface area contributed by atoms with Crippen molar-refractivity contribution in [1.82, 2.24) is 14.8 Å². The summed E-state index contributed by atoms with van der Waals surface area (Å²) in [5, 5.41) is 1.07. The molecule has 1 unspecified atom stereocenters. The second kappa shape index (κ2) is 9.90. The highest BCUT2D eigenvalue weighted by Gasteiger charge is 2.20. The highest BCUT2D eigenvalue weighted by Crippen LogP contribution is 2.31. The van der Waals surface area contributed by atoms with Crippen LogP contribution in [0.25, 0.3) is 10.6 Å². The zero-order chi connectivity index (χ0) is 20.9. The van der Waals surface area contributed by atoms with E-state index in [0.29, 0.717) is 6.54 Å². The van der Waals surface area contributed by atoms with Crippen LogP contribution in [0, 0.1) is 0 Å². The van der Waals surface area contributed by atoms with Crippen LogP contribution in [-0.4, -0.2) is 66.1 Å². The first-order chi connectivity index (χ1) is 14.6. The van der Waals surface area contributed by atoms with Crippen molar-refractivity contribution in [3.8, 4) is 16.3 Å². The molecule has 162 valence electrons. The molecule has 6 nitrogen and oxygen atoms in total. The van der Waals surface area contributed by atoms with Crippen LogP contribution in [0.2, 0.25) is 0 Å². The van der Waals surface area contributed by atoms with Gasteiger partial charge < -0.3 is 15.4 Å². The van der Waals surface area contributed by atoms with Gasteiger partial charge in [-0.1, -0.05) is 0 Å². The molecule has 1 saturated heterocycles. The fourth-order valence-electron chi connectivity index (χ4n) is 4.39. The molecule has 0 radical (unpaired) electrons. The summed E-state index contributed by atoms with van der Waals surface area (Å²) in [5.41, 5.74) is 7.64. The summed E-state index contributed by atoms with van der Waals surface area (Å²) >= 11 is 1.76. The Morgan fingerprint density at radius 2 is 2.03 bits per heavy atom. The van der Waals surface area contributed by atoms with Crippen molar-refractivity contribution >= 4 is 17.2 Å². The quantitative estimate of drug-likeness (QED) is 0.655. The van der Waals surface area contributed by atoms with Crippen molar-refractivity contribution in [3.63, 3.8) is 0 Å². The van der Waals surface area contributed by atoms with E-state index < -0.39 is 0 Å². The van der Waals surface area contributed by atoms with Gasteiger partial charge in [-0.05, 0) is 63.4 Å².